The first-order valence-electron chi connectivity index (χ1n) is 9.25. The summed E-state index contributed by atoms with van der Waals surface area (Å²) in [6.45, 7) is 1.98. The Bertz CT molecular complexity index is 1050. The molecule has 1 aliphatic carbocycles. The first-order valence-corrected chi connectivity index (χ1v) is 10.0. The van der Waals surface area contributed by atoms with Gasteiger partial charge in [-0.15, -0.1) is 0 Å². The average Bonchev–Trinajstić information content (AvgIpc) is 2.94. The SMILES string of the molecule is CC1=CC[C@@H]2C(=O)N(c3ccc(C(=O)Nc4ccc(Cl)cc4Cl)cc3)C(=O)[C@@H]2C1. The predicted molar refractivity (Wildman–Crippen MR) is 113 cm³/mol. The van der Waals surface area contributed by atoms with Crippen molar-refractivity contribution in [3.05, 3.63) is 69.7 Å². The largest absolute Gasteiger partial charge is 0.321 e. The maximum Gasteiger partial charge on any atom is 0.255 e. The first-order chi connectivity index (χ1) is 13.8. The van der Waals surface area contributed by atoms with E-state index < -0.39 is 0 Å². The zero-order chi connectivity index (χ0) is 20.7. The Morgan fingerprint density at radius 1 is 1.03 bits per heavy atom. The van der Waals surface area contributed by atoms with E-state index in [2.05, 4.69) is 5.32 Å². The number of allylic oxidation sites excluding steroid dienone is 2. The molecule has 1 aliphatic heterocycles. The summed E-state index contributed by atoms with van der Waals surface area (Å²) in [6, 6.07) is 11.2. The quantitative estimate of drug-likeness (QED) is 0.546. The number of halogens is 2. The Morgan fingerprint density at radius 2 is 1.72 bits per heavy atom. The van der Waals surface area contributed by atoms with Gasteiger partial charge in [0.05, 0.1) is 28.2 Å². The predicted octanol–water partition coefficient (Wildman–Crippen LogP) is 5.09. The first kappa shape index (κ1) is 19.7. The molecule has 5 nitrogen and oxygen atoms in total. The van der Waals surface area contributed by atoms with Crippen molar-refractivity contribution in [1.29, 1.82) is 0 Å². The van der Waals surface area contributed by atoms with Crippen LogP contribution in [0, 0.1) is 11.8 Å². The number of nitrogens with zero attached hydrogens (tertiary/aromatic N) is 1. The molecule has 1 fully saturated rings. The summed E-state index contributed by atoms with van der Waals surface area (Å²) in [5.41, 5.74) is 2.45. The summed E-state index contributed by atoms with van der Waals surface area (Å²) in [4.78, 5) is 39.3. The van der Waals surface area contributed by atoms with Gasteiger partial charge < -0.3 is 5.32 Å². The van der Waals surface area contributed by atoms with E-state index in [-0.39, 0.29) is 29.6 Å². The molecule has 2 aliphatic rings. The summed E-state index contributed by atoms with van der Waals surface area (Å²) in [5.74, 6) is -1.27. The van der Waals surface area contributed by atoms with E-state index in [1.807, 2.05) is 13.0 Å². The molecular weight excluding hydrogens is 411 g/mol. The summed E-state index contributed by atoms with van der Waals surface area (Å²) < 4.78 is 0. The number of carbonyl (C=O) groups excluding carboxylic acids is 3. The maximum absolute atomic E-state index is 12.8. The maximum atomic E-state index is 12.8. The lowest BCUT2D eigenvalue weighted by molar-refractivity contribution is -0.122. The van der Waals surface area contributed by atoms with Gasteiger partial charge in [-0.1, -0.05) is 34.9 Å². The fourth-order valence-corrected chi connectivity index (χ4v) is 4.29. The molecule has 1 saturated heterocycles. The van der Waals surface area contributed by atoms with E-state index in [1.54, 1.807) is 42.5 Å². The highest BCUT2D eigenvalue weighted by molar-refractivity contribution is 6.36. The molecule has 7 heteroatoms. The second kappa shape index (κ2) is 7.65. The summed E-state index contributed by atoms with van der Waals surface area (Å²) in [5, 5.41) is 3.53. The van der Waals surface area contributed by atoms with Crippen molar-refractivity contribution in [1.82, 2.24) is 0 Å². The van der Waals surface area contributed by atoms with Gasteiger partial charge in [0.2, 0.25) is 11.8 Å². The molecule has 2 aromatic rings. The number of rotatable bonds is 3. The van der Waals surface area contributed by atoms with Crippen LogP contribution in [-0.4, -0.2) is 17.7 Å². The molecule has 148 valence electrons. The molecule has 0 unspecified atom stereocenters. The van der Waals surface area contributed by atoms with Gasteiger partial charge in [-0.05, 0) is 62.2 Å². The van der Waals surface area contributed by atoms with Crippen molar-refractivity contribution in [3.8, 4) is 0 Å². The monoisotopic (exact) mass is 428 g/mol. The van der Waals surface area contributed by atoms with Gasteiger partial charge in [0.1, 0.15) is 0 Å². The number of amides is 3. The molecule has 29 heavy (non-hydrogen) atoms. The van der Waals surface area contributed by atoms with Crippen LogP contribution in [0.1, 0.15) is 30.1 Å². The molecule has 3 amide bonds. The number of carbonyl (C=O) groups is 3. The number of anilines is 2. The van der Waals surface area contributed by atoms with Crippen LogP contribution in [0.4, 0.5) is 11.4 Å². The van der Waals surface area contributed by atoms with Crippen LogP contribution in [0.25, 0.3) is 0 Å². The van der Waals surface area contributed by atoms with Crippen LogP contribution < -0.4 is 10.2 Å². The topological polar surface area (TPSA) is 66.5 Å². The number of fused-ring (bicyclic) bond motifs is 1. The third-order valence-corrected chi connectivity index (χ3v) is 5.94. The van der Waals surface area contributed by atoms with Crippen LogP contribution in [0.2, 0.25) is 10.0 Å². The minimum atomic E-state index is -0.353. The standard InChI is InChI=1S/C22H18Cl2N2O3/c1-12-2-8-16-17(10-12)22(29)26(21(16)28)15-6-3-13(4-7-15)20(27)25-19-9-5-14(23)11-18(19)24/h2-7,9,11,16-17H,8,10H2,1H3,(H,25,27)/t16-,17+/m0/s1. The highest BCUT2D eigenvalue weighted by Gasteiger charge is 2.48. The van der Waals surface area contributed by atoms with Gasteiger partial charge in [-0.3, -0.25) is 19.3 Å². The number of hydrogen-bond acceptors (Lipinski definition) is 3. The average molecular weight is 429 g/mol. The lowest BCUT2D eigenvalue weighted by atomic mass is 9.82. The van der Waals surface area contributed by atoms with Gasteiger partial charge in [0, 0.05) is 10.6 Å². The molecule has 0 spiro atoms. The molecule has 0 bridgehead atoms. The van der Waals surface area contributed by atoms with E-state index in [0.29, 0.717) is 39.8 Å². The summed E-state index contributed by atoms with van der Waals surface area (Å²) in [6.07, 6.45) is 3.25. The Balaban J connectivity index is 1.51. The van der Waals surface area contributed by atoms with Gasteiger partial charge in [0.25, 0.3) is 5.91 Å². The Labute approximate surface area is 178 Å². The summed E-state index contributed by atoms with van der Waals surface area (Å²) >= 11 is 12.0. The molecule has 2 aromatic carbocycles. The molecule has 0 saturated carbocycles. The molecule has 2 atom stereocenters. The van der Waals surface area contributed by atoms with Crippen molar-refractivity contribution in [2.75, 3.05) is 10.2 Å². The third-order valence-electron chi connectivity index (χ3n) is 5.39. The van der Waals surface area contributed by atoms with Crippen LogP contribution in [0.15, 0.2) is 54.1 Å². The number of imide groups is 1. The van der Waals surface area contributed by atoms with Crippen LogP contribution in [0.3, 0.4) is 0 Å². The van der Waals surface area contributed by atoms with Crippen LogP contribution >= 0.6 is 23.2 Å². The molecule has 4 rings (SSSR count). The van der Waals surface area contributed by atoms with Crippen molar-refractivity contribution < 1.29 is 14.4 Å². The van der Waals surface area contributed by atoms with Gasteiger partial charge in [0.15, 0.2) is 0 Å². The Hall–Kier alpha value is -2.63. The molecular formula is C22H18Cl2N2O3. The fraction of sp³-hybridized carbons (Fsp3) is 0.227. The van der Waals surface area contributed by atoms with E-state index >= 15 is 0 Å². The minimum absolute atomic E-state index is 0.169. The fourth-order valence-electron chi connectivity index (χ4n) is 3.84. The van der Waals surface area contributed by atoms with Gasteiger partial charge in [-0.2, -0.15) is 0 Å². The Morgan fingerprint density at radius 3 is 2.41 bits per heavy atom. The van der Waals surface area contributed by atoms with Crippen LogP contribution in [-0.2, 0) is 9.59 Å². The summed E-state index contributed by atoms with van der Waals surface area (Å²) in [7, 11) is 0. The van der Waals surface area contributed by atoms with Gasteiger partial charge in [-0.25, -0.2) is 0 Å². The van der Waals surface area contributed by atoms with E-state index in [1.165, 1.54) is 4.90 Å². The third kappa shape index (κ3) is 3.68. The van der Waals surface area contributed by atoms with E-state index in [9.17, 15) is 14.4 Å². The lowest BCUT2D eigenvalue weighted by Crippen LogP contribution is -2.30. The highest BCUT2D eigenvalue weighted by Crippen LogP contribution is 2.39. The highest BCUT2D eigenvalue weighted by atomic mass is 35.5. The zero-order valence-corrected chi connectivity index (χ0v) is 17.1. The zero-order valence-electron chi connectivity index (χ0n) is 15.6. The van der Waals surface area contributed by atoms with Gasteiger partial charge >= 0.3 is 0 Å². The van der Waals surface area contributed by atoms with Crippen molar-refractivity contribution in [2.45, 2.75) is 19.8 Å². The minimum Gasteiger partial charge on any atom is -0.321 e. The number of benzene rings is 2. The van der Waals surface area contributed by atoms with Crippen LogP contribution in [0.5, 0.6) is 0 Å². The lowest BCUT2D eigenvalue weighted by Gasteiger charge is -2.18. The molecule has 1 N–H and O–H groups in total. The van der Waals surface area contributed by atoms with Crippen molar-refractivity contribution in [2.24, 2.45) is 11.8 Å². The number of hydrogen-bond donors (Lipinski definition) is 1. The molecule has 0 radical (unpaired) electrons. The van der Waals surface area contributed by atoms with E-state index in [4.69, 9.17) is 23.2 Å². The molecule has 1 heterocycles. The normalized spacial score (nSPS) is 21.1. The van der Waals surface area contributed by atoms with E-state index in [0.717, 1.165) is 5.57 Å². The smallest absolute Gasteiger partial charge is 0.255 e. The van der Waals surface area contributed by atoms with Crippen molar-refractivity contribution >= 4 is 52.3 Å². The second-order valence-corrected chi connectivity index (χ2v) is 8.18. The number of nitrogens with one attached hydrogen (secondary N) is 1. The Kier molecular flexibility index (Phi) is 5.19. The second-order valence-electron chi connectivity index (χ2n) is 7.34. The van der Waals surface area contributed by atoms with Crippen molar-refractivity contribution in [3.63, 3.8) is 0 Å². The molecule has 0 aromatic heterocycles.